The molecule has 4 heteroatoms. The second-order valence-electron chi connectivity index (χ2n) is 7.08. The number of hydrogen-bond donors (Lipinski definition) is 1. The van der Waals surface area contributed by atoms with Crippen LogP contribution in [0.1, 0.15) is 49.4 Å². The van der Waals surface area contributed by atoms with E-state index in [4.69, 9.17) is 4.74 Å². The van der Waals surface area contributed by atoms with Crippen LogP contribution >= 0.6 is 0 Å². The number of unbranched alkanes of at least 4 members (excludes halogenated alkanes) is 2. The molecule has 2 aromatic carbocycles. The molecule has 0 heterocycles. The van der Waals surface area contributed by atoms with E-state index in [1.165, 1.54) is 0 Å². The van der Waals surface area contributed by atoms with Gasteiger partial charge >= 0.3 is 5.97 Å². The summed E-state index contributed by atoms with van der Waals surface area (Å²) in [5.41, 5.74) is 2.53. The minimum atomic E-state index is -1.00. The van der Waals surface area contributed by atoms with Gasteiger partial charge in [-0.05, 0) is 42.5 Å². The first kappa shape index (κ1) is 19.9. The average molecular weight is 378 g/mol. The molecule has 1 unspecified atom stereocenters. The van der Waals surface area contributed by atoms with E-state index >= 15 is 0 Å². The van der Waals surface area contributed by atoms with E-state index in [1.807, 2.05) is 42.5 Å². The molecule has 2 aromatic rings. The van der Waals surface area contributed by atoms with Gasteiger partial charge < -0.3 is 9.84 Å². The normalized spacial score (nSPS) is 15.9. The number of carboxylic acid groups (broad SMARTS) is 1. The highest BCUT2D eigenvalue weighted by atomic mass is 16.5. The molecule has 0 amide bonds. The van der Waals surface area contributed by atoms with Crippen LogP contribution in [0.5, 0.6) is 5.75 Å². The first-order chi connectivity index (χ1) is 13.6. The van der Waals surface area contributed by atoms with Crippen LogP contribution in [0.3, 0.4) is 0 Å². The Balaban J connectivity index is 1.80. The molecule has 3 rings (SSSR count). The van der Waals surface area contributed by atoms with Crippen molar-refractivity contribution in [1.29, 1.82) is 0 Å². The van der Waals surface area contributed by atoms with Crippen molar-refractivity contribution in [3.05, 3.63) is 65.7 Å². The highest BCUT2D eigenvalue weighted by Crippen LogP contribution is 2.33. The molecule has 1 atom stereocenters. The van der Waals surface area contributed by atoms with Crippen LogP contribution in [0.25, 0.3) is 11.1 Å². The lowest BCUT2D eigenvalue weighted by Gasteiger charge is -2.15. The summed E-state index contributed by atoms with van der Waals surface area (Å²) in [5.74, 6) is -0.880. The molecule has 0 radical (unpaired) electrons. The molecule has 146 valence electrons. The Kier molecular flexibility index (Phi) is 6.64. The summed E-state index contributed by atoms with van der Waals surface area (Å²) < 4.78 is 5.76. The van der Waals surface area contributed by atoms with Gasteiger partial charge in [-0.15, -0.1) is 0 Å². The monoisotopic (exact) mass is 378 g/mol. The van der Waals surface area contributed by atoms with E-state index in [0.29, 0.717) is 25.0 Å². The van der Waals surface area contributed by atoms with Crippen molar-refractivity contribution >= 4 is 11.8 Å². The smallest absolute Gasteiger partial charge is 0.331 e. The summed E-state index contributed by atoms with van der Waals surface area (Å²) in [6.45, 7) is 2.86. The Hall–Kier alpha value is -2.88. The maximum atomic E-state index is 13.1. The molecule has 1 aliphatic rings. The van der Waals surface area contributed by atoms with Crippen LogP contribution in [0.15, 0.2) is 60.2 Å². The third kappa shape index (κ3) is 4.50. The number of hydrogen-bond acceptors (Lipinski definition) is 3. The number of ether oxygens (including phenoxy) is 1. The summed E-state index contributed by atoms with van der Waals surface area (Å²) in [7, 11) is 0. The number of carbonyl (C=O) groups excluding carboxylic acids is 1. The van der Waals surface area contributed by atoms with Crippen LogP contribution < -0.4 is 4.74 Å². The number of rotatable bonds is 9. The summed E-state index contributed by atoms with van der Waals surface area (Å²) in [6.07, 6.45) is 6.20. The van der Waals surface area contributed by atoms with Crippen molar-refractivity contribution in [2.24, 2.45) is 5.92 Å². The van der Waals surface area contributed by atoms with Crippen molar-refractivity contribution < 1.29 is 19.4 Å². The molecule has 1 N–H and O–H groups in total. The zero-order valence-corrected chi connectivity index (χ0v) is 16.2. The van der Waals surface area contributed by atoms with Crippen LogP contribution in [0, 0.1) is 5.92 Å². The fourth-order valence-corrected chi connectivity index (χ4v) is 3.62. The molecule has 28 heavy (non-hydrogen) atoms. The Labute approximate surface area is 165 Å². The van der Waals surface area contributed by atoms with Crippen molar-refractivity contribution in [2.45, 2.75) is 39.0 Å². The zero-order valence-electron chi connectivity index (χ0n) is 16.2. The van der Waals surface area contributed by atoms with Gasteiger partial charge in [-0.3, -0.25) is 4.79 Å². The van der Waals surface area contributed by atoms with E-state index in [-0.39, 0.29) is 11.4 Å². The third-order valence-corrected chi connectivity index (χ3v) is 5.13. The molecule has 0 fully saturated rings. The minimum absolute atomic E-state index is 0.123. The SMILES string of the molecule is CCCCCOc1ccc(-c2ccccc2C(=O)C2CCC=C2C(=O)O)cc1. The molecule has 0 saturated carbocycles. The minimum Gasteiger partial charge on any atom is -0.494 e. The number of Topliss-reactive ketones (excluding diaryl/α,β-unsaturated/α-hetero) is 1. The highest BCUT2D eigenvalue weighted by molar-refractivity contribution is 6.09. The maximum Gasteiger partial charge on any atom is 0.331 e. The van der Waals surface area contributed by atoms with Crippen molar-refractivity contribution in [3.63, 3.8) is 0 Å². The van der Waals surface area contributed by atoms with Crippen molar-refractivity contribution in [2.75, 3.05) is 6.61 Å². The maximum absolute atomic E-state index is 13.1. The predicted molar refractivity (Wildman–Crippen MR) is 110 cm³/mol. The van der Waals surface area contributed by atoms with Gasteiger partial charge in [0, 0.05) is 11.1 Å². The molecule has 4 nitrogen and oxygen atoms in total. The van der Waals surface area contributed by atoms with Crippen LogP contribution in [0.4, 0.5) is 0 Å². The lowest BCUT2D eigenvalue weighted by molar-refractivity contribution is -0.133. The third-order valence-electron chi connectivity index (χ3n) is 5.13. The lowest BCUT2D eigenvalue weighted by Crippen LogP contribution is -2.19. The van der Waals surface area contributed by atoms with Gasteiger partial charge in [-0.25, -0.2) is 4.79 Å². The standard InChI is InChI=1S/C24H26O4/c1-2-3-6-16-28-18-14-12-17(13-15-18)19-8-4-5-9-20(19)23(25)21-10-7-11-22(21)24(26)27/h4-5,8-9,11-15,21H,2-3,6-7,10,16H2,1H3,(H,26,27). The quantitative estimate of drug-likeness (QED) is 0.460. The van der Waals surface area contributed by atoms with Gasteiger partial charge in [0.05, 0.1) is 12.5 Å². The van der Waals surface area contributed by atoms with Gasteiger partial charge in [0.25, 0.3) is 0 Å². The Bertz CT molecular complexity index is 864. The molecular weight excluding hydrogens is 352 g/mol. The second-order valence-corrected chi connectivity index (χ2v) is 7.08. The molecule has 0 spiro atoms. The van der Waals surface area contributed by atoms with Crippen LogP contribution in [0.2, 0.25) is 0 Å². The first-order valence-corrected chi connectivity index (χ1v) is 9.91. The van der Waals surface area contributed by atoms with E-state index in [9.17, 15) is 14.7 Å². The van der Waals surface area contributed by atoms with Gasteiger partial charge in [0.1, 0.15) is 5.75 Å². The molecule has 0 aliphatic heterocycles. The van der Waals surface area contributed by atoms with Crippen molar-refractivity contribution in [1.82, 2.24) is 0 Å². The number of ketones is 1. The summed E-state index contributed by atoms with van der Waals surface area (Å²) >= 11 is 0. The van der Waals surface area contributed by atoms with E-state index in [0.717, 1.165) is 36.1 Å². The average Bonchev–Trinajstić information content (AvgIpc) is 3.21. The zero-order chi connectivity index (χ0) is 19.9. The largest absolute Gasteiger partial charge is 0.494 e. The topological polar surface area (TPSA) is 63.6 Å². The lowest BCUT2D eigenvalue weighted by atomic mass is 9.87. The number of carboxylic acids is 1. The number of aliphatic carboxylic acids is 1. The molecule has 0 aromatic heterocycles. The van der Waals surface area contributed by atoms with Crippen LogP contribution in [-0.4, -0.2) is 23.5 Å². The molecule has 0 bridgehead atoms. The van der Waals surface area contributed by atoms with E-state index in [2.05, 4.69) is 6.92 Å². The van der Waals surface area contributed by atoms with Crippen molar-refractivity contribution in [3.8, 4) is 16.9 Å². The number of allylic oxidation sites excluding steroid dienone is 1. The molecule has 1 aliphatic carbocycles. The number of carbonyl (C=O) groups is 2. The fourth-order valence-electron chi connectivity index (χ4n) is 3.62. The Morgan fingerprint density at radius 3 is 2.54 bits per heavy atom. The van der Waals surface area contributed by atoms with Gasteiger partial charge in [-0.1, -0.05) is 62.2 Å². The first-order valence-electron chi connectivity index (χ1n) is 9.91. The summed E-state index contributed by atoms with van der Waals surface area (Å²) in [4.78, 5) is 24.5. The highest BCUT2D eigenvalue weighted by Gasteiger charge is 2.32. The van der Waals surface area contributed by atoms with E-state index < -0.39 is 11.9 Å². The van der Waals surface area contributed by atoms with E-state index in [1.54, 1.807) is 12.1 Å². The van der Waals surface area contributed by atoms with Crippen LogP contribution in [-0.2, 0) is 4.79 Å². The Morgan fingerprint density at radius 1 is 1.07 bits per heavy atom. The Morgan fingerprint density at radius 2 is 1.82 bits per heavy atom. The fraction of sp³-hybridized carbons (Fsp3) is 0.333. The second kappa shape index (κ2) is 9.36. The summed E-state index contributed by atoms with van der Waals surface area (Å²) in [6, 6.07) is 15.1. The van der Waals surface area contributed by atoms with Gasteiger partial charge in [0.2, 0.25) is 0 Å². The molecule has 0 saturated heterocycles. The predicted octanol–water partition coefficient (Wildman–Crippen LogP) is 5.53. The number of benzene rings is 2. The summed E-state index contributed by atoms with van der Waals surface area (Å²) in [5, 5.41) is 9.37. The molecular formula is C24H26O4. The van der Waals surface area contributed by atoms with Gasteiger partial charge in [0.15, 0.2) is 5.78 Å². The van der Waals surface area contributed by atoms with Gasteiger partial charge in [-0.2, -0.15) is 0 Å².